The fourth-order valence-electron chi connectivity index (χ4n) is 6.12. The van der Waals surface area contributed by atoms with Crippen molar-refractivity contribution in [3.05, 3.63) is 35.4 Å². The quantitative estimate of drug-likeness (QED) is 0.803. The number of nitrogens with two attached hydrogens (primary N) is 1. The zero-order valence-corrected chi connectivity index (χ0v) is 15.6. The molecular weight excluding hydrogens is 369 g/mol. The first-order chi connectivity index (χ1) is 13.2. The molecule has 3 N–H and O–H groups in total. The highest BCUT2D eigenvalue weighted by Gasteiger charge is 2.55. The van der Waals surface area contributed by atoms with Crippen molar-refractivity contribution >= 4 is 11.8 Å². The van der Waals surface area contributed by atoms with Gasteiger partial charge in [0, 0.05) is 11.8 Å². The van der Waals surface area contributed by atoms with E-state index < -0.39 is 29.1 Å². The van der Waals surface area contributed by atoms with Gasteiger partial charge < -0.3 is 11.1 Å². The predicted molar refractivity (Wildman–Crippen MR) is 96.9 cm³/mol. The SMILES string of the molecule is NC(=O)[C@H](Cc1ccccc1C(F)(F)F)NC(=O)C12CC3CC(CC(C3)C1)C2. The second kappa shape index (κ2) is 6.78. The minimum atomic E-state index is -4.53. The maximum absolute atomic E-state index is 13.3. The molecule has 0 radical (unpaired) electrons. The van der Waals surface area contributed by atoms with Crippen LogP contribution in [-0.4, -0.2) is 17.9 Å². The largest absolute Gasteiger partial charge is 0.416 e. The second-order valence-corrected chi connectivity index (χ2v) is 8.99. The lowest BCUT2D eigenvalue weighted by molar-refractivity contribution is -0.148. The number of primary amides is 1. The second-order valence-electron chi connectivity index (χ2n) is 8.99. The molecule has 0 unspecified atom stereocenters. The van der Waals surface area contributed by atoms with E-state index in [4.69, 9.17) is 5.73 Å². The van der Waals surface area contributed by atoms with Crippen LogP contribution in [0, 0.1) is 23.2 Å². The number of rotatable bonds is 5. The molecule has 28 heavy (non-hydrogen) atoms. The van der Waals surface area contributed by atoms with Gasteiger partial charge in [-0.2, -0.15) is 13.2 Å². The number of benzene rings is 1. The summed E-state index contributed by atoms with van der Waals surface area (Å²) in [6.45, 7) is 0. The Kier molecular flexibility index (Phi) is 4.67. The van der Waals surface area contributed by atoms with Crippen molar-refractivity contribution in [2.24, 2.45) is 28.9 Å². The molecule has 4 fully saturated rings. The van der Waals surface area contributed by atoms with Crippen molar-refractivity contribution in [3.8, 4) is 0 Å². The molecule has 7 heteroatoms. The Bertz CT molecular complexity index is 755. The molecule has 5 rings (SSSR count). The number of carbonyl (C=O) groups is 2. The van der Waals surface area contributed by atoms with Gasteiger partial charge in [-0.15, -0.1) is 0 Å². The molecule has 4 aliphatic carbocycles. The number of hydrogen-bond donors (Lipinski definition) is 2. The average molecular weight is 394 g/mol. The maximum Gasteiger partial charge on any atom is 0.416 e. The molecule has 1 aromatic carbocycles. The highest BCUT2D eigenvalue weighted by atomic mass is 19.4. The number of carbonyl (C=O) groups excluding carboxylic acids is 2. The van der Waals surface area contributed by atoms with E-state index >= 15 is 0 Å². The van der Waals surface area contributed by atoms with Crippen LogP contribution in [-0.2, 0) is 22.2 Å². The fourth-order valence-corrected chi connectivity index (χ4v) is 6.12. The van der Waals surface area contributed by atoms with Gasteiger partial charge in [0.25, 0.3) is 0 Å². The summed E-state index contributed by atoms with van der Waals surface area (Å²) in [5.41, 5.74) is 4.13. The van der Waals surface area contributed by atoms with Crippen molar-refractivity contribution < 1.29 is 22.8 Å². The molecular formula is C21H25F3N2O2. The highest BCUT2D eigenvalue weighted by molar-refractivity contribution is 5.90. The van der Waals surface area contributed by atoms with Gasteiger partial charge >= 0.3 is 6.18 Å². The molecule has 0 aliphatic heterocycles. The average Bonchev–Trinajstić information content (AvgIpc) is 2.59. The summed E-state index contributed by atoms with van der Waals surface area (Å²) in [7, 11) is 0. The van der Waals surface area contributed by atoms with E-state index in [1.54, 1.807) is 0 Å². The number of alkyl halides is 3. The van der Waals surface area contributed by atoms with Crippen LogP contribution in [0.1, 0.15) is 49.7 Å². The number of halogens is 3. The highest BCUT2D eigenvalue weighted by Crippen LogP contribution is 2.60. The predicted octanol–water partition coefficient (Wildman–Crippen LogP) is 3.43. The first-order valence-electron chi connectivity index (χ1n) is 9.92. The Morgan fingerprint density at radius 2 is 1.61 bits per heavy atom. The Hall–Kier alpha value is -2.05. The molecule has 4 aliphatic rings. The standard InChI is InChI=1S/C21H25F3N2O2/c22-21(23,24)16-4-2-1-3-15(16)8-17(18(25)27)26-19(28)20-9-12-5-13(10-20)7-14(6-12)11-20/h1-4,12-14,17H,5-11H2,(H2,25,27)(H,26,28)/t12?,13?,14?,17-,20?/m0/s1. The molecule has 2 amide bonds. The lowest BCUT2D eigenvalue weighted by Crippen LogP contribution is -2.57. The zero-order valence-electron chi connectivity index (χ0n) is 15.6. The summed E-state index contributed by atoms with van der Waals surface area (Å²) in [4.78, 5) is 25.1. The van der Waals surface area contributed by atoms with Gasteiger partial charge in [-0.1, -0.05) is 18.2 Å². The third kappa shape index (κ3) is 3.51. The van der Waals surface area contributed by atoms with E-state index in [1.165, 1.54) is 37.5 Å². The van der Waals surface area contributed by atoms with Crippen molar-refractivity contribution in [2.75, 3.05) is 0 Å². The van der Waals surface area contributed by atoms with Crippen LogP contribution in [0.3, 0.4) is 0 Å². The van der Waals surface area contributed by atoms with Crippen LogP contribution in [0.25, 0.3) is 0 Å². The molecule has 1 aromatic rings. The summed E-state index contributed by atoms with van der Waals surface area (Å²) in [5, 5.41) is 2.72. The Balaban J connectivity index is 1.53. The molecule has 4 bridgehead atoms. The van der Waals surface area contributed by atoms with Gasteiger partial charge in [0.05, 0.1) is 5.56 Å². The molecule has 0 spiro atoms. The van der Waals surface area contributed by atoms with E-state index in [0.717, 1.165) is 25.3 Å². The summed E-state index contributed by atoms with van der Waals surface area (Å²) in [5.74, 6) is 0.634. The lowest BCUT2D eigenvalue weighted by Gasteiger charge is -2.55. The number of nitrogens with one attached hydrogen (secondary N) is 1. The molecule has 4 nitrogen and oxygen atoms in total. The zero-order chi connectivity index (χ0) is 20.1. The van der Waals surface area contributed by atoms with Gasteiger partial charge in [-0.25, -0.2) is 0 Å². The van der Waals surface area contributed by atoms with Gasteiger partial charge in [-0.05, 0) is 67.9 Å². The summed E-state index contributed by atoms with van der Waals surface area (Å²) < 4.78 is 39.8. The summed E-state index contributed by atoms with van der Waals surface area (Å²) >= 11 is 0. The van der Waals surface area contributed by atoms with Gasteiger partial charge in [0.15, 0.2) is 0 Å². The molecule has 1 atom stereocenters. The molecule has 0 aromatic heterocycles. The van der Waals surface area contributed by atoms with E-state index in [0.29, 0.717) is 17.8 Å². The molecule has 0 heterocycles. The third-order valence-electron chi connectivity index (χ3n) is 6.92. The van der Waals surface area contributed by atoms with Crippen molar-refractivity contribution in [3.63, 3.8) is 0 Å². The monoisotopic (exact) mass is 394 g/mol. The third-order valence-corrected chi connectivity index (χ3v) is 6.92. The van der Waals surface area contributed by atoms with Crippen molar-refractivity contribution in [1.82, 2.24) is 5.32 Å². The van der Waals surface area contributed by atoms with E-state index in [9.17, 15) is 22.8 Å². The van der Waals surface area contributed by atoms with E-state index in [2.05, 4.69) is 5.32 Å². The van der Waals surface area contributed by atoms with Gasteiger partial charge in [0.2, 0.25) is 11.8 Å². The minimum Gasteiger partial charge on any atom is -0.368 e. The van der Waals surface area contributed by atoms with E-state index in [-0.39, 0.29) is 17.9 Å². The van der Waals surface area contributed by atoms with Crippen LogP contribution >= 0.6 is 0 Å². The lowest BCUT2D eigenvalue weighted by atomic mass is 9.49. The Morgan fingerprint density at radius 1 is 1.07 bits per heavy atom. The van der Waals surface area contributed by atoms with Crippen LogP contribution in [0.2, 0.25) is 0 Å². The summed E-state index contributed by atoms with van der Waals surface area (Å²) in [6, 6.07) is 3.96. The number of hydrogen-bond acceptors (Lipinski definition) is 2. The first kappa shape index (κ1) is 19.3. The van der Waals surface area contributed by atoms with Crippen LogP contribution in [0.5, 0.6) is 0 Å². The Morgan fingerprint density at radius 3 is 2.11 bits per heavy atom. The van der Waals surface area contributed by atoms with Crippen LogP contribution < -0.4 is 11.1 Å². The first-order valence-corrected chi connectivity index (χ1v) is 9.92. The Labute approximate surface area is 162 Å². The van der Waals surface area contributed by atoms with Crippen LogP contribution in [0.4, 0.5) is 13.2 Å². The molecule has 0 saturated heterocycles. The van der Waals surface area contributed by atoms with Crippen LogP contribution in [0.15, 0.2) is 24.3 Å². The summed E-state index contributed by atoms with van der Waals surface area (Å²) in [6.07, 6.45) is 1.17. The van der Waals surface area contributed by atoms with Gasteiger partial charge in [-0.3, -0.25) is 9.59 Å². The smallest absolute Gasteiger partial charge is 0.368 e. The topological polar surface area (TPSA) is 72.2 Å². The minimum absolute atomic E-state index is 0.0374. The fraction of sp³-hybridized carbons (Fsp3) is 0.619. The number of amides is 2. The van der Waals surface area contributed by atoms with E-state index in [1.807, 2.05) is 0 Å². The molecule has 4 saturated carbocycles. The maximum atomic E-state index is 13.3. The normalized spacial score (nSPS) is 32.2. The van der Waals surface area contributed by atoms with Crippen molar-refractivity contribution in [2.45, 2.75) is 57.2 Å². The molecule has 152 valence electrons. The van der Waals surface area contributed by atoms with Gasteiger partial charge in [0.1, 0.15) is 6.04 Å². The van der Waals surface area contributed by atoms with Crippen molar-refractivity contribution in [1.29, 1.82) is 0 Å².